The summed E-state index contributed by atoms with van der Waals surface area (Å²) < 4.78 is 78.2. The number of halogens is 5. The number of hydrogen-bond acceptors (Lipinski definition) is 7. The molecule has 0 saturated carbocycles. The number of carbonyl (C=O) groups excluding carboxylic acids is 1. The lowest BCUT2D eigenvalue weighted by Crippen LogP contribution is -2.46. The van der Waals surface area contributed by atoms with E-state index in [-0.39, 0.29) is 22.7 Å². The van der Waals surface area contributed by atoms with E-state index in [0.717, 1.165) is 19.2 Å². The van der Waals surface area contributed by atoms with E-state index in [2.05, 4.69) is 20.0 Å². The Morgan fingerprint density at radius 1 is 1.36 bits per heavy atom. The van der Waals surface area contributed by atoms with Crippen LogP contribution >= 0.6 is 0 Å². The number of amides is 1. The van der Waals surface area contributed by atoms with Crippen LogP contribution in [0.25, 0.3) is 0 Å². The van der Waals surface area contributed by atoms with Crippen LogP contribution < -0.4 is 15.8 Å². The minimum Gasteiger partial charge on any atom is -0.494 e. The number of alkyl halides is 3. The molecule has 0 spiro atoms. The number of hydrogen-bond donors (Lipinski definition) is 2. The number of methoxy groups -OCH3 is 1. The zero-order valence-electron chi connectivity index (χ0n) is 17.1. The molecular weight excluding hydrogens is 453 g/mol. The maximum Gasteiger partial charge on any atom is 0.425 e. The first-order chi connectivity index (χ1) is 15.4. The van der Waals surface area contributed by atoms with Crippen molar-refractivity contribution in [1.82, 2.24) is 4.98 Å². The number of pyridine rings is 1. The molecule has 3 rings (SSSR count). The molecule has 2 aromatic rings. The largest absolute Gasteiger partial charge is 0.494 e. The summed E-state index contributed by atoms with van der Waals surface area (Å²) >= 11 is 0. The van der Waals surface area contributed by atoms with Crippen LogP contribution in [-0.2, 0) is 10.3 Å². The van der Waals surface area contributed by atoms with Gasteiger partial charge in [-0.25, -0.2) is 18.8 Å². The van der Waals surface area contributed by atoms with Crippen LogP contribution in [0.15, 0.2) is 29.4 Å². The van der Waals surface area contributed by atoms with Crippen molar-refractivity contribution in [2.75, 3.05) is 12.4 Å². The molecule has 174 valence electrons. The van der Waals surface area contributed by atoms with Gasteiger partial charge in [0.15, 0.2) is 29.2 Å². The topological polar surface area (TPSA) is 123 Å². The average molecular weight is 469 g/mol. The summed E-state index contributed by atoms with van der Waals surface area (Å²) in [5, 5.41) is 11.2. The van der Waals surface area contributed by atoms with Crippen molar-refractivity contribution < 1.29 is 36.2 Å². The number of nitrogens with zero attached hydrogens (tertiary/aromatic N) is 3. The van der Waals surface area contributed by atoms with Crippen LogP contribution in [0, 0.1) is 23.0 Å². The Hall–Kier alpha value is -3.95. The molecule has 0 bridgehead atoms. The van der Waals surface area contributed by atoms with E-state index in [4.69, 9.17) is 15.7 Å². The van der Waals surface area contributed by atoms with Crippen molar-refractivity contribution in [3.8, 4) is 11.8 Å². The third-order valence-corrected chi connectivity index (χ3v) is 4.85. The highest BCUT2D eigenvalue weighted by atomic mass is 19.4. The minimum atomic E-state index is -4.83. The van der Waals surface area contributed by atoms with Gasteiger partial charge in [0.05, 0.1) is 18.2 Å². The summed E-state index contributed by atoms with van der Waals surface area (Å²) in [4.78, 5) is 20.2. The molecule has 33 heavy (non-hydrogen) atoms. The smallest absolute Gasteiger partial charge is 0.425 e. The third kappa shape index (κ3) is 4.79. The lowest BCUT2D eigenvalue weighted by Gasteiger charge is -2.36. The number of nitrogens with one attached hydrogen (secondary N) is 1. The Morgan fingerprint density at radius 2 is 2.06 bits per heavy atom. The Kier molecular flexibility index (Phi) is 6.13. The van der Waals surface area contributed by atoms with Gasteiger partial charge in [-0.05, 0) is 13.0 Å². The first-order valence-corrected chi connectivity index (χ1v) is 9.21. The van der Waals surface area contributed by atoms with Crippen molar-refractivity contribution in [1.29, 1.82) is 5.26 Å². The molecule has 3 N–H and O–H groups in total. The predicted octanol–water partition coefficient (Wildman–Crippen LogP) is 3.37. The predicted molar refractivity (Wildman–Crippen MR) is 104 cm³/mol. The molecule has 1 aliphatic rings. The number of benzene rings is 1. The van der Waals surface area contributed by atoms with Crippen LogP contribution in [-0.4, -0.2) is 36.3 Å². The molecule has 8 nitrogen and oxygen atoms in total. The molecule has 13 heteroatoms. The van der Waals surface area contributed by atoms with Crippen molar-refractivity contribution in [3.63, 3.8) is 0 Å². The first kappa shape index (κ1) is 23.7. The van der Waals surface area contributed by atoms with Gasteiger partial charge in [-0.1, -0.05) is 0 Å². The minimum absolute atomic E-state index is 0.0591. The van der Waals surface area contributed by atoms with Gasteiger partial charge in [-0.15, -0.1) is 0 Å². The third-order valence-electron chi connectivity index (χ3n) is 4.85. The molecule has 1 aromatic carbocycles. The van der Waals surface area contributed by atoms with E-state index in [1.54, 1.807) is 0 Å². The first-order valence-electron chi connectivity index (χ1n) is 9.21. The van der Waals surface area contributed by atoms with Crippen molar-refractivity contribution >= 4 is 17.6 Å². The van der Waals surface area contributed by atoms with E-state index < -0.39 is 53.4 Å². The quantitative estimate of drug-likeness (QED) is 0.662. The Bertz CT molecular complexity index is 1180. The van der Waals surface area contributed by atoms with Gasteiger partial charge in [-0.3, -0.25) is 4.79 Å². The highest BCUT2D eigenvalue weighted by Crippen LogP contribution is 2.42. The lowest BCUT2D eigenvalue weighted by atomic mass is 9.85. The highest BCUT2D eigenvalue weighted by molar-refractivity contribution is 6.04. The van der Waals surface area contributed by atoms with Crippen LogP contribution in [0.3, 0.4) is 0 Å². The SMILES string of the molecule is COc1cc(C#N)cnc1C(=O)Nc1cc(F)c(F)c([C@@]2(C)C[C@@H](C(F)(F)F)OC(N)=N2)c1. The maximum absolute atomic E-state index is 14.6. The molecule has 1 amide bonds. The summed E-state index contributed by atoms with van der Waals surface area (Å²) in [7, 11) is 1.23. The number of anilines is 1. The summed E-state index contributed by atoms with van der Waals surface area (Å²) in [6, 6.07) is 3.81. The van der Waals surface area contributed by atoms with E-state index >= 15 is 0 Å². The fourth-order valence-corrected chi connectivity index (χ4v) is 3.29. The Morgan fingerprint density at radius 3 is 2.67 bits per heavy atom. The number of ether oxygens (including phenoxy) is 2. The zero-order valence-corrected chi connectivity index (χ0v) is 17.1. The summed E-state index contributed by atoms with van der Waals surface area (Å²) in [6.07, 6.45) is -7.00. The molecule has 2 atom stereocenters. The number of carbonyl (C=O) groups is 1. The second-order valence-electron chi connectivity index (χ2n) is 7.24. The summed E-state index contributed by atoms with van der Waals surface area (Å²) in [5.74, 6) is -3.85. The van der Waals surface area contributed by atoms with Crippen LogP contribution in [0.4, 0.5) is 27.6 Å². The molecule has 0 fully saturated rings. The fourth-order valence-electron chi connectivity index (χ4n) is 3.29. The van der Waals surface area contributed by atoms with Gasteiger partial charge in [0.2, 0.25) is 0 Å². The van der Waals surface area contributed by atoms with E-state index in [9.17, 15) is 26.7 Å². The van der Waals surface area contributed by atoms with E-state index in [1.165, 1.54) is 13.2 Å². The number of amidine groups is 1. The van der Waals surface area contributed by atoms with Crippen LogP contribution in [0.2, 0.25) is 0 Å². The standard InChI is InChI=1S/C20H16F5N5O3/c1-19(6-14(20(23,24)25)33-18(27)30-19)11-4-10(5-12(21)15(11)22)29-17(31)16-13(32-2)3-9(7-26)8-28-16/h3-5,8,14H,6H2,1-2H3,(H2,27,30)(H,29,31)/t14-,19+/m0/s1. The molecule has 1 aliphatic heterocycles. The molecule has 0 radical (unpaired) electrons. The normalized spacial score (nSPS) is 20.3. The zero-order chi connectivity index (χ0) is 24.6. The molecule has 0 unspecified atom stereocenters. The number of rotatable bonds is 4. The monoisotopic (exact) mass is 469 g/mol. The second kappa shape index (κ2) is 8.53. The number of nitriles is 1. The average Bonchev–Trinajstić information content (AvgIpc) is 2.74. The van der Waals surface area contributed by atoms with E-state index in [0.29, 0.717) is 6.07 Å². The molecule has 0 aliphatic carbocycles. The van der Waals surface area contributed by atoms with Crippen molar-refractivity contribution in [2.45, 2.75) is 31.2 Å². The Labute approximate surface area is 183 Å². The maximum atomic E-state index is 14.6. The van der Waals surface area contributed by atoms with Crippen molar-refractivity contribution in [2.24, 2.45) is 10.7 Å². The van der Waals surface area contributed by atoms with E-state index in [1.807, 2.05) is 6.07 Å². The number of aromatic nitrogens is 1. The van der Waals surface area contributed by atoms with Gasteiger partial charge in [0.25, 0.3) is 11.9 Å². The summed E-state index contributed by atoms with van der Waals surface area (Å²) in [6.45, 7) is 1.13. The van der Waals surface area contributed by atoms with Gasteiger partial charge in [-0.2, -0.15) is 18.4 Å². The summed E-state index contributed by atoms with van der Waals surface area (Å²) in [5.41, 5.74) is 2.42. The molecule has 1 aromatic heterocycles. The number of aliphatic imine (C=N–C) groups is 1. The highest BCUT2D eigenvalue weighted by Gasteiger charge is 2.50. The van der Waals surface area contributed by atoms with Gasteiger partial charge in [0.1, 0.15) is 6.07 Å². The van der Waals surface area contributed by atoms with Crippen molar-refractivity contribution in [3.05, 3.63) is 52.9 Å². The Balaban J connectivity index is 2.00. The second-order valence-corrected chi connectivity index (χ2v) is 7.24. The number of nitrogens with two attached hydrogens (primary N) is 1. The van der Waals surface area contributed by atoms with Crippen LogP contribution in [0.1, 0.15) is 35.0 Å². The fraction of sp³-hybridized carbons (Fsp3) is 0.300. The molecule has 2 heterocycles. The van der Waals surface area contributed by atoms with Gasteiger partial charge in [0, 0.05) is 36.0 Å². The van der Waals surface area contributed by atoms with Crippen LogP contribution in [0.5, 0.6) is 5.75 Å². The molecular formula is C20H16F5N5O3. The molecule has 0 saturated heterocycles. The lowest BCUT2D eigenvalue weighted by molar-refractivity contribution is -0.208. The van der Waals surface area contributed by atoms with Gasteiger partial charge >= 0.3 is 6.18 Å². The van der Waals surface area contributed by atoms with Gasteiger partial charge < -0.3 is 20.5 Å².